The SMILES string of the molecule is COc1cc(OC)c(C2=CCN(C(=O)c3ccc(NS(C)(=O)=O)cc3)CC2)c(OC)c1. The third kappa shape index (κ3) is 5.29. The summed E-state index contributed by atoms with van der Waals surface area (Å²) < 4.78 is 41.4. The van der Waals surface area contributed by atoms with E-state index in [1.165, 1.54) is 0 Å². The number of anilines is 1. The average molecular weight is 447 g/mol. The Morgan fingerprint density at radius 1 is 1.00 bits per heavy atom. The van der Waals surface area contributed by atoms with Crippen LogP contribution in [0.2, 0.25) is 0 Å². The lowest BCUT2D eigenvalue weighted by atomic mass is 9.96. The van der Waals surface area contributed by atoms with E-state index in [4.69, 9.17) is 14.2 Å². The highest BCUT2D eigenvalue weighted by molar-refractivity contribution is 7.92. The Labute approximate surface area is 182 Å². The van der Waals surface area contributed by atoms with Gasteiger partial charge in [-0.25, -0.2) is 8.42 Å². The van der Waals surface area contributed by atoms with Crippen LogP contribution in [0.5, 0.6) is 17.2 Å². The van der Waals surface area contributed by atoms with Crippen molar-refractivity contribution in [2.75, 3.05) is 45.4 Å². The largest absolute Gasteiger partial charge is 0.496 e. The zero-order valence-electron chi connectivity index (χ0n) is 18.0. The number of methoxy groups -OCH3 is 3. The highest BCUT2D eigenvalue weighted by Gasteiger charge is 2.23. The Hall–Kier alpha value is -3.20. The number of nitrogens with zero attached hydrogens (tertiary/aromatic N) is 1. The maximum atomic E-state index is 12.9. The molecular formula is C22H26N2O6S. The summed E-state index contributed by atoms with van der Waals surface area (Å²) in [5, 5.41) is 0. The van der Waals surface area contributed by atoms with Crippen LogP contribution in [0, 0.1) is 0 Å². The zero-order valence-corrected chi connectivity index (χ0v) is 18.8. The van der Waals surface area contributed by atoms with Crippen molar-refractivity contribution in [2.45, 2.75) is 6.42 Å². The minimum Gasteiger partial charge on any atom is -0.496 e. The van der Waals surface area contributed by atoms with Crippen molar-refractivity contribution in [3.8, 4) is 17.2 Å². The van der Waals surface area contributed by atoms with Gasteiger partial charge >= 0.3 is 0 Å². The Morgan fingerprint density at radius 2 is 1.61 bits per heavy atom. The molecule has 0 saturated heterocycles. The van der Waals surface area contributed by atoms with E-state index in [1.807, 2.05) is 18.2 Å². The van der Waals surface area contributed by atoms with Crippen LogP contribution < -0.4 is 18.9 Å². The normalized spacial score (nSPS) is 13.9. The van der Waals surface area contributed by atoms with E-state index in [9.17, 15) is 13.2 Å². The van der Waals surface area contributed by atoms with Gasteiger partial charge in [0.15, 0.2) is 0 Å². The zero-order chi connectivity index (χ0) is 22.6. The number of sulfonamides is 1. The van der Waals surface area contributed by atoms with Gasteiger partial charge in [0.1, 0.15) is 17.2 Å². The second-order valence-electron chi connectivity index (χ2n) is 7.09. The van der Waals surface area contributed by atoms with Gasteiger partial charge in [0, 0.05) is 36.5 Å². The van der Waals surface area contributed by atoms with Gasteiger partial charge in [-0.15, -0.1) is 0 Å². The number of amides is 1. The van der Waals surface area contributed by atoms with Crippen LogP contribution in [0.15, 0.2) is 42.5 Å². The fourth-order valence-corrected chi connectivity index (χ4v) is 4.04. The molecule has 0 aliphatic carbocycles. The monoisotopic (exact) mass is 446 g/mol. The fraction of sp³-hybridized carbons (Fsp3) is 0.318. The summed E-state index contributed by atoms with van der Waals surface area (Å²) in [6.45, 7) is 0.974. The van der Waals surface area contributed by atoms with Crippen molar-refractivity contribution in [1.29, 1.82) is 0 Å². The molecule has 0 radical (unpaired) electrons. The molecule has 0 aromatic heterocycles. The smallest absolute Gasteiger partial charge is 0.254 e. The molecule has 3 rings (SSSR count). The predicted molar refractivity (Wildman–Crippen MR) is 120 cm³/mol. The summed E-state index contributed by atoms with van der Waals surface area (Å²) in [7, 11) is 1.42. The maximum absolute atomic E-state index is 12.9. The molecule has 1 heterocycles. The molecular weight excluding hydrogens is 420 g/mol. The van der Waals surface area contributed by atoms with Crippen molar-refractivity contribution in [3.63, 3.8) is 0 Å². The Balaban J connectivity index is 1.78. The van der Waals surface area contributed by atoms with E-state index in [2.05, 4.69) is 4.72 Å². The number of nitrogens with one attached hydrogen (secondary N) is 1. The molecule has 1 amide bonds. The first kappa shape index (κ1) is 22.5. The summed E-state index contributed by atoms with van der Waals surface area (Å²) >= 11 is 0. The fourth-order valence-electron chi connectivity index (χ4n) is 3.48. The van der Waals surface area contributed by atoms with Crippen LogP contribution in [0.25, 0.3) is 5.57 Å². The first-order valence-electron chi connectivity index (χ1n) is 9.62. The molecule has 0 bridgehead atoms. The van der Waals surface area contributed by atoms with E-state index in [0.29, 0.717) is 48.0 Å². The van der Waals surface area contributed by atoms with Gasteiger partial charge in [0.2, 0.25) is 10.0 Å². The molecule has 0 unspecified atom stereocenters. The van der Waals surface area contributed by atoms with E-state index in [-0.39, 0.29) is 5.91 Å². The van der Waals surface area contributed by atoms with Crippen LogP contribution in [-0.2, 0) is 10.0 Å². The van der Waals surface area contributed by atoms with Crippen LogP contribution in [-0.4, -0.2) is 59.9 Å². The molecule has 2 aromatic carbocycles. The lowest BCUT2D eigenvalue weighted by molar-refractivity contribution is 0.0773. The van der Waals surface area contributed by atoms with Crippen molar-refractivity contribution < 1.29 is 27.4 Å². The molecule has 2 aromatic rings. The van der Waals surface area contributed by atoms with Crippen LogP contribution in [0.4, 0.5) is 5.69 Å². The van der Waals surface area contributed by atoms with E-state index >= 15 is 0 Å². The molecule has 9 heteroatoms. The van der Waals surface area contributed by atoms with Gasteiger partial charge in [-0.05, 0) is 36.3 Å². The van der Waals surface area contributed by atoms with Gasteiger partial charge < -0.3 is 19.1 Å². The molecule has 166 valence electrons. The standard InChI is InChI=1S/C22H26N2O6S/c1-28-18-13-19(29-2)21(20(14-18)30-3)15-9-11-24(12-10-15)22(25)16-5-7-17(8-6-16)23-31(4,26)27/h5-9,13-14,23H,10-12H2,1-4H3. The lowest BCUT2D eigenvalue weighted by Gasteiger charge is -2.28. The molecule has 1 aliphatic rings. The second kappa shape index (κ2) is 9.30. The summed E-state index contributed by atoms with van der Waals surface area (Å²) in [5.41, 5.74) is 2.80. The number of benzene rings is 2. The molecule has 31 heavy (non-hydrogen) atoms. The number of hydrogen-bond donors (Lipinski definition) is 1. The Kier molecular flexibility index (Phi) is 6.74. The molecule has 8 nitrogen and oxygen atoms in total. The van der Waals surface area contributed by atoms with E-state index in [0.717, 1.165) is 17.4 Å². The number of ether oxygens (including phenoxy) is 3. The average Bonchev–Trinajstić information content (AvgIpc) is 2.77. The number of carbonyl (C=O) groups is 1. The highest BCUT2D eigenvalue weighted by atomic mass is 32.2. The number of carbonyl (C=O) groups excluding carboxylic acids is 1. The first-order valence-corrected chi connectivity index (χ1v) is 11.5. The Morgan fingerprint density at radius 3 is 2.06 bits per heavy atom. The first-order chi connectivity index (χ1) is 14.8. The van der Waals surface area contributed by atoms with Crippen LogP contribution >= 0.6 is 0 Å². The van der Waals surface area contributed by atoms with Crippen LogP contribution in [0.3, 0.4) is 0 Å². The van der Waals surface area contributed by atoms with Crippen molar-refractivity contribution in [2.24, 2.45) is 0 Å². The Bertz CT molecular complexity index is 1070. The molecule has 1 N–H and O–H groups in total. The van der Waals surface area contributed by atoms with Gasteiger partial charge in [-0.3, -0.25) is 9.52 Å². The van der Waals surface area contributed by atoms with Gasteiger partial charge in [0.05, 0.1) is 33.1 Å². The predicted octanol–water partition coefficient (Wildman–Crippen LogP) is 3.01. The van der Waals surface area contributed by atoms with E-state index in [1.54, 1.807) is 50.5 Å². The third-order valence-electron chi connectivity index (χ3n) is 4.97. The molecule has 0 saturated carbocycles. The van der Waals surface area contributed by atoms with Crippen molar-refractivity contribution >= 4 is 27.2 Å². The van der Waals surface area contributed by atoms with E-state index < -0.39 is 10.0 Å². The minimum atomic E-state index is -3.36. The summed E-state index contributed by atoms with van der Waals surface area (Å²) in [6, 6.07) is 10.00. The number of rotatable bonds is 7. The van der Waals surface area contributed by atoms with Crippen LogP contribution in [0.1, 0.15) is 22.3 Å². The molecule has 0 fully saturated rings. The molecule has 0 atom stereocenters. The van der Waals surface area contributed by atoms with Gasteiger partial charge in [-0.2, -0.15) is 0 Å². The summed E-state index contributed by atoms with van der Waals surface area (Å²) in [4.78, 5) is 14.6. The third-order valence-corrected chi connectivity index (χ3v) is 5.57. The summed E-state index contributed by atoms with van der Waals surface area (Å²) in [6.07, 6.45) is 3.71. The van der Waals surface area contributed by atoms with Crippen molar-refractivity contribution in [3.05, 3.63) is 53.6 Å². The minimum absolute atomic E-state index is 0.116. The highest BCUT2D eigenvalue weighted by Crippen LogP contribution is 2.40. The van der Waals surface area contributed by atoms with Gasteiger partial charge in [0.25, 0.3) is 5.91 Å². The molecule has 0 spiro atoms. The second-order valence-corrected chi connectivity index (χ2v) is 8.84. The maximum Gasteiger partial charge on any atom is 0.254 e. The lowest BCUT2D eigenvalue weighted by Crippen LogP contribution is -2.34. The topological polar surface area (TPSA) is 94.2 Å². The van der Waals surface area contributed by atoms with Gasteiger partial charge in [-0.1, -0.05) is 6.08 Å². The quantitative estimate of drug-likeness (QED) is 0.703. The summed E-state index contributed by atoms with van der Waals surface area (Å²) in [5.74, 6) is 1.82. The number of hydrogen-bond acceptors (Lipinski definition) is 6. The van der Waals surface area contributed by atoms with Crippen molar-refractivity contribution in [1.82, 2.24) is 4.90 Å². The molecule has 1 aliphatic heterocycles.